The van der Waals surface area contributed by atoms with Crippen molar-refractivity contribution in [3.05, 3.63) is 11.1 Å². The van der Waals surface area contributed by atoms with Crippen LogP contribution in [0.5, 0.6) is 0 Å². The standard InChI is InChI=1S/C11H20ClNO/c1-10(7-12)8-13-6-4-2-3-5-11(13)9-14/h7,11,14H,2-6,8-9H2,1H3/b10-7-. The Labute approximate surface area is 91.6 Å². The number of rotatable bonds is 3. The molecule has 0 saturated carbocycles. The average Bonchev–Trinajstić information content (AvgIpc) is 2.42. The molecule has 1 rings (SSSR count). The first-order chi connectivity index (χ1) is 6.77. The van der Waals surface area contributed by atoms with Gasteiger partial charge in [0.05, 0.1) is 6.61 Å². The van der Waals surface area contributed by atoms with Crippen molar-refractivity contribution in [2.45, 2.75) is 38.6 Å². The molecule has 82 valence electrons. The summed E-state index contributed by atoms with van der Waals surface area (Å²) >= 11 is 5.65. The highest BCUT2D eigenvalue weighted by Crippen LogP contribution is 2.17. The molecule has 14 heavy (non-hydrogen) atoms. The number of aliphatic hydroxyl groups excluding tert-OH is 1. The lowest BCUT2D eigenvalue weighted by molar-refractivity contribution is 0.133. The van der Waals surface area contributed by atoms with Crippen molar-refractivity contribution in [1.82, 2.24) is 4.90 Å². The molecule has 1 aliphatic rings. The maximum absolute atomic E-state index is 9.28. The van der Waals surface area contributed by atoms with Crippen LogP contribution >= 0.6 is 11.6 Å². The molecule has 0 amide bonds. The Morgan fingerprint density at radius 1 is 1.50 bits per heavy atom. The predicted molar refractivity (Wildman–Crippen MR) is 60.5 cm³/mol. The largest absolute Gasteiger partial charge is 0.395 e. The second-order valence-electron chi connectivity index (χ2n) is 4.11. The minimum Gasteiger partial charge on any atom is -0.395 e. The fourth-order valence-electron chi connectivity index (χ4n) is 2.01. The lowest BCUT2D eigenvalue weighted by Gasteiger charge is -2.28. The van der Waals surface area contributed by atoms with E-state index in [4.69, 9.17) is 11.6 Å². The molecule has 0 spiro atoms. The van der Waals surface area contributed by atoms with Crippen LogP contribution in [0.4, 0.5) is 0 Å². The minimum atomic E-state index is 0.273. The summed E-state index contributed by atoms with van der Waals surface area (Å²) in [5.41, 5.74) is 2.81. The fraction of sp³-hybridized carbons (Fsp3) is 0.818. The molecular formula is C11H20ClNO. The maximum Gasteiger partial charge on any atom is 0.0586 e. The molecule has 0 aromatic carbocycles. The van der Waals surface area contributed by atoms with Gasteiger partial charge in [-0.3, -0.25) is 4.90 Å². The highest BCUT2D eigenvalue weighted by molar-refractivity contribution is 6.25. The lowest BCUT2D eigenvalue weighted by Crippen LogP contribution is -2.38. The van der Waals surface area contributed by atoms with Crippen molar-refractivity contribution in [1.29, 1.82) is 0 Å². The predicted octanol–water partition coefficient (Wildman–Crippen LogP) is 2.37. The molecule has 1 N–H and O–H groups in total. The van der Waals surface area contributed by atoms with Crippen molar-refractivity contribution in [2.75, 3.05) is 19.7 Å². The maximum atomic E-state index is 9.28. The van der Waals surface area contributed by atoms with Gasteiger partial charge >= 0.3 is 0 Å². The Balaban J connectivity index is 2.52. The number of aliphatic hydroxyl groups is 1. The van der Waals surface area contributed by atoms with Gasteiger partial charge in [-0.05, 0) is 31.9 Å². The van der Waals surface area contributed by atoms with Crippen molar-refractivity contribution in [2.24, 2.45) is 0 Å². The van der Waals surface area contributed by atoms with Gasteiger partial charge in [-0.2, -0.15) is 0 Å². The zero-order chi connectivity index (χ0) is 10.4. The SMILES string of the molecule is C/C(=C/Cl)CN1CCCCCC1CO. The fourth-order valence-corrected chi connectivity index (χ4v) is 2.08. The van der Waals surface area contributed by atoms with Gasteiger partial charge in [-0.15, -0.1) is 0 Å². The summed E-state index contributed by atoms with van der Waals surface area (Å²) in [4.78, 5) is 2.35. The molecule has 0 bridgehead atoms. The molecule has 1 aliphatic heterocycles. The number of nitrogens with zero attached hydrogens (tertiary/aromatic N) is 1. The van der Waals surface area contributed by atoms with E-state index < -0.39 is 0 Å². The minimum absolute atomic E-state index is 0.273. The molecule has 0 aromatic heterocycles. The van der Waals surface area contributed by atoms with E-state index >= 15 is 0 Å². The summed E-state index contributed by atoms with van der Waals surface area (Å²) in [5, 5.41) is 9.28. The number of hydrogen-bond donors (Lipinski definition) is 1. The van der Waals surface area contributed by atoms with Gasteiger partial charge in [0, 0.05) is 18.1 Å². The molecule has 1 unspecified atom stereocenters. The first-order valence-electron chi connectivity index (χ1n) is 5.38. The smallest absolute Gasteiger partial charge is 0.0586 e. The summed E-state index contributed by atoms with van der Waals surface area (Å²) in [5.74, 6) is 0. The first kappa shape index (κ1) is 12.0. The quantitative estimate of drug-likeness (QED) is 0.785. The second kappa shape index (κ2) is 6.44. The lowest BCUT2D eigenvalue weighted by atomic mass is 10.1. The van der Waals surface area contributed by atoms with Crippen LogP contribution in [0.25, 0.3) is 0 Å². The van der Waals surface area contributed by atoms with Crippen LogP contribution in [0.2, 0.25) is 0 Å². The molecular weight excluding hydrogens is 198 g/mol. The van der Waals surface area contributed by atoms with Crippen molar-refractivity contribution < 1.29 is 5.11 Å². The van der Waals surface area contributed by atoms with Gasteiger partial charge in [0.25, 0.3) is 0 Å². The van der Waals surface area contributed by atoms with Crippen LogP contribution in [0.1, 0.15) is 32.6 Å². The van der Waals surface area contributed by atoms with E-state index in [1.165, 1.54) is 24.8 Å². The van der Waals surface area contributed by atoms with E-state index in [9.17, 15) is 5.11 Å². The van der Waals surface area contributed by atoms with Gasteiger partial charge in [0.1, 0.15) is 0 Å². The van der Waals surface area contributed by atoms with Crippen LogP contribution in [-0.2, 0) is 0 Å². The summed E-state index contributed by atoms with van der Waals surface area (Å²) in [6.07, 6.45) is 4.89. The Kier molecular flexibility index (Phi) is 5.53. The molecule has 1 heterocycles. The summed E-state index contributed by atoms with van der Waals surface area (Å²) in [7, 11) is 0. The summed E-state index contributed by atoms with van der Waals surface area (Å²) < 4.78 is 0. The average molecular weight is 218 g/mol. The summed E-state index contributed by atoms with van der Waals surface area (Å²) in [6.45, 7) is 4.30. The molecule has 1 fully saturated rings. The highest BCUT2D eigenvalue weighted by atomic mass is 35.5. The third-order valence-corrected chi connectivity index (χ3v) is 3.22. The Hall–Kier alpha value is -0.0500. The molecule has 0 radical (unpaired) electrons. The van der Waals surface area contributed by atoms with E-state index in [1.54, 1.807) is 5.54 Å². The topological polar surface area (TPSA) is 23.5 Å². The molecule has 0 aromatic rings. The van der Waals surface area contributed by atoms with Gasteiger partial charge in [-0.25, -0.2) is 0 Å². The third kappa shape index (κ3) is 3.60. The first-order valence-corrected chi connectivity index (χ1v) is 5.82. The van der Waals surface area contributed by atoms with Crippen molar-refractivity contribution in [3.63, 3.8) is 0 Å². The molecule has 2 nitrogen and oxygen atoms in total. The monoisotopic (exact) mass is 217 g/mol. The molecule has 1 atom stereocenters. The molecule has 0 aliphatic carbocycles. The third-order valence-electron chi connectivity index (χ3n) is 2.85. The van der Waals surface area contributed by atoms with Crippen molar-refractivity contribution >= 4 is 11.6 Å². The van der Waals surface area contributed by atoms with Crippen LogP contribution < -0.4 is 0 Å². The zero-order valence-electron chi connectivity index (χ0n) is 8.88. The Morgan fingerprint density at radius 2 is 2.29 bits per heavy atom. The van der Waals surface area contributed by atoms with Gasteiger partial charge in [0.15, 0.2) is 0 Å². The van der Waals surface area contributed by atoms with Gasteiger partial charge in [-0.1, -0.05) is 24.4 Å². The Bertz CT molecular complexity index is 194. The number of likely N-dealkylation sites (tertiary alicyclic amines) is 1. The van der Waals surface area contributed by atoms with Crippen LogP contribution in [0.3, 0.4) is 0 Å². The highest BCUT2D eigenvalue weighted by Gasteiger charge is 2.19. The zero-order valence-corrected chi connectivity index (χ0v) is 9.63. The van der Waals surface area contributed by atoms with Gasteiger partial charge < -0.3 is 5.11 Å². The van der Waals surface area contributed by atoms with Crippen LogP contribution in [0.15, 0.2) is 11.1 Å². The normalized spacial score (nSPS) is 26.2. The summed E-state index contributed by atoms with van der Waals surface area (Å²) in [6, 6.07) is 0.337. The number of hydrogen-bond acceptors (Lipinski definition) is 2. The van der Waals surface area contributed by atoms with Crippen LogP contribution in [-0.4, -0.2) is 35.7 Å². The van der Waals surface area contributed by atoms with Gasteiger partial charge in [0.2, 0.25) is 0 Å². The van der Waals surface area contributed by atoms with E-state index in [0.29, 0.717) is 6.04 Å². The van der Waals surface area contributed by atoms with Crippen LogP contribution in [0, 0.1) is 0 Å². The van der Waals surface area contributed by atoms with E-state index in [1.807, 2.05) is 6.92 Å². The van der Waals surface area contributed by atoms with E-state index in [-0.39, 0.29) is 6.61 Å². The second-order valence-corrected chi connectivity index (χ2v) is 4.33. The van der Waals surface area contributed by atoms with E-state index in [2.05, 4.69) is 4.90 Å². The van der Waals surface area contributed by atoms with E-state index in [0.717, 1.165) is 19.5 Å². The molecule has 3 heteroatoms. The molecule has 1 saturated heterocycles. The Morgan fingerprint density at radius 3 is 2.93 bits per heavy atom. The van der Waals surface area contributed by atoms with Crippen molar-refractivity contribution in [3.8, 4) is 0 Å². The number of halogens is 1.